The Morgan fingerprint density at radius 3 is 2.54 bits per heavy atom. The Bertz CT molecular complexity index is 924. The van der Waals surface area contributed by atoms with Gasteiger partial charge in [-0.25, -0.2) is 9.00 Å². The SMILES string of the molecule is CC(C)(C)OC(=O)CN(c1ccc2c(c1)oc(=O)n2CC(=O)O)S(=O)O. The summed E-state index contributed by atoms with van der Waals surface area (Å²) in [7, 11) is 0. The van der Waals surface area contributed by atoms with Crippen LogP contribution in [0, 0.1) is 0 Å². The molecule has 1 heterocycles. The molecule has 1 aromatic heterocycles. The van der Waals surface area contributed by atoms with Gasteiger partial charge >= 0.3 is 17.7 Å². The summed E-state index contributed by atoms with van der Waals surface area (Å²) in [5.74, 6) is -2.81. The molecular formula is C15H18N2O8S. The number of ether oxygens (including phenoxy) is 1. The molecule has 0 radical (unpaired) electrons. The molecule has 0 saturated carbocycles. The van der Waals surface area contributed by atoms with E-state index >= 15 is 0 Å². The van der Waals surface area contributed by atoms with Gasteiger partial charge in [-0.3, -0.25) is 23.0 Å². The van der Waals surface area contributed by atoms with E-state index < -0.39 is 47.7 Å². The van der Waals surface area contributed by atoms with Gasteiger partial charge in [0.25, 0.3) is 11.3 Å². The van der Waals surface area contributed by atoms with E-state index in [1.807, 2.05) is 0 Å². The highest BCUT2D eigenvalue weighted by Crippen LogP contribution is 2.23. The zero-order valence-corrected chi connectivity index (χ0v) is 15.1. The summed E-state index contributed by atoms with van der Waals surface area (Å²) < 4.78 is 33.0. The second-order valence-electron chi connectivity index (χ2n) is 6.35. The van der Waals surface area contributed by atoms with E-state index in [9.17, 15) is 23.1 Å². The zero-order chi connectivity index (χ0) is 19.6. The first-order chi connectivity index (χ1) is 12.0. The Morgan fingerprint density at radius 1 is 1.35 bits per heavy atom. The third-order valence-electron chi connectivity index (χ3n) is 3.11. The standard InChI is InChI=1S/C15H18N2O8S/c1-15(2,3)25-13(20)8-17(26(22)23)9-4-5-10-11(6-9)24-14(21)16(10)7-12(18)19/h4-6H,7-8H2,1-3H3,(H,18,19)(H,22,23). The van der Waals surface area contributed by atoms with E-state index in [-0.39, 0.29) is 16.8 Å². The molecule has 26 heavy (non-hydrogen) atoms. The Balaban J connectivity index is 2.36. The van der Waals surface area contributed by atoms with Crippen molar-refractivity contribution in [3.8, 4) is 0 Å². The minimum absolute atomic E-state index is 0.0217. The lowest BCUT2D eigenvalue weighted by Gasteiger charge is -2.23. The Labute approximate surface area is 150 Å². The van der Waals surface area contributed by atoms with Gasteiger partial charge in [-0.15, -0.1) is 0 Å². The number of fused-ring (bicyclic) bond motifs is 1. The molecule has 0 aliphatic rings. The number of carboxylic acids is 1. The van der Waals surface area contributed by atoms with Crippen molar-refractivity contribution in [3.05, 3.63) is 28.7 Å². The molecule has 2 N–H and O–H groups in total. The highest BCUT2D eigenvalue weighted by atomic mass is 32.2. The fraction of sp³-hybridized carbons (Fsp3) is 0.400. The second-order valence-corrected chi connectivity index (χ2v) is 7.26. The molecule has 1 aromatic carbocycles. The van der Waals surface area contributed by atoms with Crippen molar-refractivity contribution in [2.24, 2.45) is 0 Å². The fourth-order valence-electron chi connectivity index (χ4n) is 2.22. The first-order valence-corrected chi connectivity index (χ1v) is 8.50. The number of rotatable bonds is 6. The van der Waals surface area contributed by atoms with Crippen LogP contribution < -0.4 is 10.1 Å². The number of oxazole rings is 1. The third-order valence-corrected chi connectivity index (χ3v) is 3.83. The zero-order valence-electron chi connectivity index (χ0n) is 14.3. The van der Waals surface area contributed by atoms with E-state index in [0.29, 0.717) is 0 Å². The third kappa shape index (κ3) is 4.70. The maximum absolute atomic E-state index is 11.9. The number of esters is 1. The number of hydrogen-bond donors (Lipinski definition) is 2. The highest BCUT2D eigenvalue weighted by molar-refractivity contribution is 7.80. The topological polar surface area (TPSA) is 139 Å². The lowest BCUT2D eigenvalue weighted by Crippen LogP contribution is -2.35. The van der Waals surface area contributed by atoms with E-state index in [0.717, 1.165) is 8.87 Å². The number of aromatic nitrogens is 1. The van der Waals surface area contributed by atoms with Gasteiger partial charge in [0.1, 0.15) is 18.7 Å². The molecule has 2 aromatic rings. The monoisotopic (exact) mass is 386 g/mol. The molecule has 0 saturated heterocycles. The molecular weight excluding hydrogens is 368 g/mol. The van der Waals surface area contributed by atoms with Gasteiger partial charge < -0.3 is 14.3 Å². The molecule has 11 heteroatoms. The van der Waals surface area contributed by atoms with Crippen LogP contribution in [0.4, 0.5) is 5.69 Å². The number of benzene rings is 1. The fourth-order valence-corrected chi connectivity index (χ4v) is 2.73. The molecule has 1 unspecified atom stereocenters. The molecule has 2 rings (SSSR count). The normalized spacial score (nSPS) is 12.8. The van der Waals surface area contributed by atoms with Crippen molar-refractivity contribution >= 4 is 40.0 Å². The van der Waals surface area contributed by atoms with Crippen molar-refractivity contribution in [3.63, 3.8) is 0 Å². The van der Waals surface area contributed by atoms with E-state index in [1.54, 1.807) is 20.8 Å². The summed E-state index contributed by atoms with van der Waals surface area (Å²) in [5, 5.41) is 8.84. The van der Waals surface area contributed by atoms with Gasteiger partial charge in [0.05, 0.1) is 11.2 Å². The Hall–Kier alpha value is -2.66. The average molecular weight is 386 g/mol. The summed E-state index contributed by atoms with van der Waals surface area (Å²) in [6.45, 7) is 3.90. The van der Waals surface area contributed by atoms with Crippen molar-refractivity contribution in [2.75, 3.05) is 10.8 Å². The van der Waals surface area contributed by atoms with Gasteiger partial charge in [-0.2, -0.15) is 0 Å². The van der Waals surface area contributed by atoms with Crippen LogP contribution in [0.25, 0.3) is 11.1 Å². The van der Waals surface area contributed by atoms with E-state index in [2.05, 4.69) is 0 Å². The van der Waals surface area contributed by atoms with Crippen LogP contribution in [-0.2, 0) is 32.1 Å². The molecule has 142 valence electrons. The molecule has 10 nitrogen and oxygen atoms in total. The molecule has 0 bridgehead atoms. The Kier molecular flexibility index (Phi) is 5.52. The van der Waals surface area contributed by atoms with Crippen LogP contribution in [0.1, 0.15) is 20.8 Å². The number of carbonyl (C=O) groups is 2. The molecule has 0 fully saturated rings. The summed E-state index contributed by atoms with van der Waals surface area (Å²) in [6.07, 6.45) is 0. The van der Waals surface area contributed by atoms with Crippen molar-refractivity contribution < 1.29 is 32.6 Å². The minimum atomic E-state index is -2.54. The van der Waals surface area contributed by atoms with E-state index in [4.69, 9.17) is 14.3 Å². The quantitative estimate of drug-likeness (QED) is 0.553. The number of carbonyl (C=O) groups excluding carboxylic acids is 1. The molecule has 0 aliphatic carbocycles. The lowest BCUT2D eigenvalue weighted by atomic mass is 10.2. The van der Waals surface area contributed by atoms with Gasteiger partial charge in [0.15, 0.2) is 5.58 Å². The number of anilines is 1. The number of carboxylic acid groups (broad SMARTS) is 1. The first kappa shape index (κ1) is 19.7. The summed E-state index contributed by atoms with van der Waals surface area (Å²) >= 11 is -2.54. The van der Waals surface area contributed by atoms with E-state index in [1.165, 1.54) is 18.2 Å². The maximum atomic E-state index is 11.9. The number of aliphatic carboxylic acids is 1. The Morgan fingerprint density at radius 2 is 2.00 bits per heavy atom. The van der Waals surface area contributed by atoms with Crippen LogP contribution in [0.3, 0.4) is 0 Å². The van der Waals surface area contributed by atoms with Gasteiger partial charge in [-0.1, -0.05) is 0 Å². The minimum Gasteiger partial charge on any atom is -0.480 e. The van der Waals surface area contributed by atoms with Crippen LogP contribution in [0.15, 0.2) is 27.4 Å². The predicted molar refractivity (Wildman–Crippen MR) is 92.1 cm³/mol. The van der Waals surface area contributed by atoms with Crippen molar-refractivity contribution in [2.45, 2.75) is 32.9 Å². The van der Waals surface area contributed by atoms with Gasteiger partial charge in [0, 0.05) is 6.07 Å². The average Bonchev–Trinajstić information content (AvgIpc) is 2.77. The van der Waals surface area contributed by atoms with Crippen molar-refractivity contribution in [1.29, 1.82) is 0 Å². The van der Waals surface area contributed by atoms with Gasteiger partial charge in [-0.05, 0) is 32.9 Å². The largest absolute Gasteiger partial charge is 0.480 e. The molecule has 0 aliphatic heterocycles. The highest BCUT2D eigenvalue weighted by Gasteiger charge is 2.23. The predicted octanol–water partition coefficient (Wildman–Crippen LogP) is 0.964. The van der Waals surface area contributed by atoms with Crippen molar-refractivity contribution in [1.82, 2.24) is 4.57 Å². The van der Waals surface area contributed by atoms with Gasteiger partial charge in [0.2, 0.25) is 0 Å². The molecule has 0 spiro atoms. The van der Waals surface area contributed by atoms with Crippen LogP contribution in [0.2, 0.25) is 0 Å². The molecule has 1 atom stereocenters. The maximum Gasteiger partial charge on any atom is 0.420 e. The first-order valence-electron chi connectivity index (χ1n) is 7.43. The van der Waals surface area contributed by atoms with Crippen LogP contribution in [0.5, 0.6) is 0 Å². The number of hydrogen-bond acceptors (Lipinski definition) is 6. The van der Waals surface area contributed by atoms with Crippen LogP contribution >= 0.6 is 0 Å². The summed E-state index contributed by atoms with van der Waals surface area (Å²) in [4.78, 5) is 34.5. The summed E-state index contributed by atoms with van der Waals surface area (Å²) in [5.41, 5.74) is -0.402. The van der Waals surface area contributed by atoms with Crippen LogP contribution in [-0.4, -0.2) is 42.5 Å². The smallest absolute Gasteiger partial charge is 0.420 e. The summed E-state index contributed by atoms with van der Waals surface area (Å²) in [6, 6.07) is 4.01. The second kappa shape index (κ2) is 7.30. The lowest BCUT2D eigenvalue weighted by molar-refractivity contribution is -0.152. The molecule has 0 amide bonds. The number of nitrogens with zero attached hydrogens (tertiary/aromatic N) is 2.